The molecule has 0 spiro atoms. The number of amides is 1. The first-order chi connectivity index (χ1) is 9.08. The van der Waals surface area contributed by atoms with Crippen LogP contribution >= 0.6 is 15.9 Å². The molecule has 2 rings (SSSR count). The molecule has 0 unspecified atom stereocenters. The summed E-state index contributed by atoms with van der Waals surface area (Å²) in [5.74, 6) is 0.0564. The molecule has 104 valence electrons. The highest BCUT2D eigenvalue weighted by molar-refractivity contribution is 9.10. The minimum atomic E-state index is -0.0669. The van der Waals surface area contributed by atoms with Gasteiger partial charge in [0.25, 0.3) is 0 Å². The van der Waals surface area contributed by atoms with Crippen LogP contribution in [0, 0.1) is 0 Å². The SMILES string of the molecule is CN(C)c1ccc(Br)cc1NC(=O)[C@@H]1CCCCN1. The van der Waals surface area contributed by atoms with Crippen molar-refractivity contribution in [3.63, 3.8) is 0 Å². The molecule has 1 heterocycles. The molecule has 1 aliphatic heterocycles. The number of carbonyl (C=O) groups excluding carboxylic acids is 1. The van der Waals surface area contributed by atoms with E-state index in [0.29, 0.717) is 0 Å². The predicted molar refractivity (Wildman–Crippen MR) is 82.7 cm³/mol. The average molecular weight is 326 g/mol. The van der Waals surface area contributed by atoms with Crippen molar-refractivity contribution in [2.75, 3.05) is 30.9 Å². The van der Waals surface area contributed by atoms with E-state index < -0.39 is 0 Å². The van der Waals surface area contributed by atoms with E-state index in [9.17, 15) is 4.79 Å². The van der Waals surface area contributed by atoms with Crippen LogP contribution in [0.2, 0.25) is 0 Å². The number of piperidine rings is 1. The van der Waals surface area contributed by atoms with Crippen LogP contribution < -0.4 is 15.5 Å². The van der Waals surface area contributed by atoms with Crippen LogP contribution in [0.5, 0.6) is 0 Å². The van der Waals surface area contributed by atoms with Crippen molar-refractivity contribution < 1.29 is 4.79 Å². The molecule has 1 aromatic rings. The van der Waals surface area contributed by atoms with E-state index in [2.05, 4.69) is 26.6 Å². The van der Waals surface area contributed by atoms with Crippen LogP contribution in [0.1, 0.15) is 19.3 Å². The quantitative estimate of drug-likeness (QED) is 0.897. The van der Waals surface area contributed by atoms with Crippen LogP contribution in [0.25, 0.3) is 0 Å². The van der Waals surface area contributed by atoms with E-state index in [1.807, 2.05) is 37.2 Å². The van der Waals surface area contributed by atoms with E-state index >= 15 is 0 Å². The first-order valence-corrected chi connectivity index (χ1v) is 7.38. The van der Waals surface area contributed by atoms with Gasteiger partial charge in [-0.25, -0.2) is 0 Å². The third-order valence-corrected chi connectivity index (χ3v) is 3.82. The van der Waals surface area contributed by atoms with Crippen molar-refractivity contribution in [1.29, 1.82) is 0 Å². The number of carbonyl (C=O) groups is 1. The monoisotopic (exact) mass is 325 g/mol. The standard InChI is InChI=1S/C14H20BrN3O/c1-18(2)13-7-6-10(15)9-12(13)17-14(19)11-5-3-4-8-16-11/h6-7,9,11,16H,3-5,8H2,1-2H3,(H,17,19)/t11-/m0/s1. The second-order valence-electron chi connectivity index (χ2n) is 5.05. The van der Waals surface area contributed by atoms with Gasteiger partial charge in [-0.05, 0) is 37.6 Å². The molecular formula is C14H20BrN3O. The minimum Gasteiger partial charge on any atom is -0.376 e. The van der Waals surface area contributed by atoms with Gasteiger partial charge >= 0.3 is 0 Å². The molecule has 1 amide bonds. The summed E-state index contributed by atoms with van der Waals surface area (Å²) < 4.78 is 0.963. The summed E-state index contributed by atoms with van der Waals surface area (Å²) in [6.45, 7) is 0.928. The maximum absolute atomic E-state index is 12.2. The Morgan fingerprint density at radius 3 is 2.84 bits per heavy atom. The summed E-state index contributed by atoms with van der Waals surface area (Å²) >= 11 is 3.45. The molecule has 1 saturated heterocycles. The summed E-state index contributed by atoms with van der Waals surface area (Å²) in [5, 5.41) is 6.29. The molecule has 0 radical (unpaired) electrons. The zero-order valence-electron chi connectivity index (χ0n) is 11.4. The normalized spacial score (nSPS) is 19.0. The molecule has 1 aliphatic rings. The van der Waals surface area contributed by atoms with E-state index in [4.69, 9.17) is 0 Å². The molecule has 0 bridgehead atoms. The Balaban J connectivity index is 2.13. The van der Waals surface area contributed by atoms with Crippen molar-refractivity contribution in [3.05, 3.63) is 22.7 Å². The zero-order chi connectivity index (χ0) is 13.8. The number of benzene rings is 1. The fraction of sp³-hybridized carbons (Fsp3) is 0.500. The van der Waals surface area contributed by atoms with Gasteiger partial charge in [-0.15, -0.1) is 0 Å². The molecule has 1 fully saturated rings. The second-order valence-corrected chi connectivity index (χ2v) is 5.96. The lowest BCUT2D eigenvalue weighted by Crippen LogP contribution is -2.43. The lowest BCUT2D eigenvalue weighted by atomic mass is 10.0. The fourth-order valence-electron chi connectivity index (χ4n) is 2.29. The summed E-state index contributed by atoms with van der Waals surface area (Å²) in [7, 11) is 3.94. The van der Waals surface area contributed by atoms with Crippen LogP contribution in [-0.4, -0.2) is 32.6 Å². The van der Waals surface area contributed by atoms with Crippen molar-refractivity contribution in [2.45, 2.75) is 25.3 Å². The third-order valence-electron chi connectivity index (χ3n) is 3.33. The number of nitrogens with one attached hydrogen (secondary N) is 2. The Morgan fingerprint density at radius 2 is 2.21 bits per heavy atom. The molecule has 0 aliphatic carbocycles. The highest BCUT2D eigenvalue weighted by Crippen LogP contribution is 2.28. The van der Waals surface area contributed by atoms with Crippen molar-refractivity contribution in [2.24, 2.45) is 0 Å². The Labute approximate surface area is 122 Å². The molecule has 1 aromatic carbocycles. The highest BCUT2D eigenvalue weighted by Gasteiger charge is 2.21. The third kappa shape index (κ3) is 3.70. The highest BCUT2D eigenvalue weighted by atomic mass is 79.9. The van der Waals surface area contributed by atoms with Crippen LogP contribution in [0.4, 0.5) is 11.4 Å². The van der Waals surface area contributed by atoms with Gasteiger partial charge in [-0.1, -0.05) is 22.4 Å². The number of rotatable bonds is 3. The number of nitrogens with zero attached hydrogens (tertiary/aromatic N) is 1. The van der Waals surface area contributed by atoms with Gasteiger partial charge in [0.15, 0.2) is 0 Å². The van der Waals surface area contributed by atoms with Gasteiger partial charge in [-0.2, -0.15) is 0 Å². The lowest BCUT2D eigenvalue weighted by Gasteiger charge is -2.24. The largest absolute Gasteiger partial charge is 0.376 e. The van der Waals surface area contributed by atoms with Crippen molar-refractivity contribution in [1.82, 2.24) is 5.32 Å². The smallest absolute Gasteiger partial charge is 0.241 e. The van der Waals surface area contributed by atoms with Gasteiger partial charge in [0.05, 0.1) is 17.4 Å². The molecular weight excluding hydrogens is 306 g/mol. The number of hydrogen-bond donors (Lipinski definition) is 2. The fourth-order valence-corrected chi connectivity index (χ4v) is 2.65. The van der Waals surface area contributed by atoms with Crippen LogP contribution in [0.3, 0.4) is 0 Å². The maximum Gasteiger partial charge on any atom is 0.241 e. The van der Waals surface area contributed by atoms with Gasteiger partial charge < -0.3 is 15.5 Å². The molecule has 19 heavy (non-hydrogen) atoms. The Morgan fingerprint density at radius 1 is 1.42 bits per heavy atom. The molecule has 0 aromatic heterocycles. The molecule has 0 saturated carbocycles. The van der Waals surface area contributed by atoms with E-state index in [0.717, 1.165) is 41.7 Å². The van der Waals surface area contributed by atoms with Crippen LogP contribution in [-0.2, 0) is 4.79 Å². The van der Waals surface area contributed by atoms with Gasteiger partial charge in [0.2, 0.25) is 5.91 Å². The number of anilines is 2. The molecule has 4 nitrogen and oxygen atoms in total. The second kappa shape index (κ2) is 6.39. The van der Waals surface area contributed by atoms with Crippen LogP contribution in [0.15, 0.2) is 22.7 Å². The summed E-state index contributed by atoms with van der Waals surface area (Å²) in [4.78, 5) is 14.2. The van der Waals surface area contributed by atoms with E-state index in [-0.39, 0.29) is 11.9 Å². The number of hydrogen-bond acceptors (Lipinski definition) is 3. The minimum absolute atomic E-state index is 0.0564. The summed E-state index contributed by atoms with van der Waals surface area (Å²) in [6.07, 6.45) is 3.19. The van der Waals surface area contributed by atoms with Gasteiger partial charge in [0.1, 0.15) is 0 Å². The zero-order valence-corrected chi connectivity index (χ0v) is 13.0. The van der Waals surface area contributed by atoms with Gasteiger partial charge in [-0.3, -0.25) is 4.79 Å². The van der Waals surface area contributed by atoms with Crippen molar-refractivity contribution in [3.8, 4) is 0 Å². The van der Waals surface area contributed by atoms with E-state index in [1.165, 1.54) is 0 Å². The van der Waals surface area contributed by atoms with E-state index in [1.54, 1.807) is 0 Å². The summed E-state index contributed by atoms with van der Waals surface area (Å²) in [6, 6.07) is 5.84. The average Bonchev–Trinajstić information content (AvgIpc) is 2.39. The molecule has 1 atom stereocenters. The Bertz CT molecular complexity index is 456. The number of halogens is 1. The van der Waals surface area contributed by atoms with Crippen molar-refractivity contribution >= 4 is 33.2 Å². The first kappa shape index (κ1) is 14.3. The topological polar surface area (TPSA) is 44.4 Å². The lowest BCUT2D eigenvalue weighted by molar-refractivity contribution is -0.118. The Hall–Kier alpha value is -1.07. The summed E-state index contributed by atoms with van der Waals surface area (Å²) in [5.41, 5.74) is 1.85. The maximum atomic E-state index is 12.2. The molecule has 2 N–H and O–H groups in total. The first-order valence-electron chi connectivity index (χ1n) is 6.59. The Kier molecular flexibility index (Phi) is 4.82. The predicted octanol–water partition coefficient (Wildman–Crippen LogP) is 2.60. The van der Waals surface area contributed by atoms with Gasteiger partial charge in [0, 0.05) is 18.6 Å². The molecule has 5 heteroatoms.